The van der Waals surface area contributed by atoms with Gasteiger partial charge in [-0.3, -0.25) is 0 Å². The Hall–Kier alpha value is 0. The van der Waals surface area contributed by atoms with Crippen molar-refractivity contribution in [3.63, 3.8) is 0 Å². The first-order valence-corrected chi connectivity index (χ1v) is 6.82. The van der Waals surface area contributed by atoms with Gasteiger partial charge >= 0.3 is 0 Å². The van der Waals surface area contributed by atoms with Crippen molar-refractivity contribution in [2.45, 2.75) is 45.1 Å². The number of hydrogen-bond donors (Lipinski definition) is 1. The Balaban J connectivity index is 0.00000108. The van der Waals surface area contributed by atoms with E-state index in [1.165, 1.54) is 32.1 Å². The Kier molecular flexibility index (Phi) is 4.21. The topological polar surface area (TPSA) is 41.6 Å². The lowest BCUT2D eigenvalue weighted by molar-refractivity contribution is 0.270. The number of rotatable bonds is 2. The van der Waals surface area contributed by atoms with E-state index in [9.17, 15) is 0 Å². The minimum absolute atomic E-state index is 0. The van der Waals surface area contributed by atoms with Crippen molar-refractivity contribution < 1.29 is 0 Å². The zero-order valence-electron chi connectivity index (χ0n) is 10.6. The highest BCUT2D eigenvalue weighted by atomic mass is 127. The molecule has 3 fully saturated rings. The van der Waals surface area contributed by atoms with E-state index in [0.717, 1.165) is 36.8 Å². The van der Waals surface area contributed by atoms with Crippen LogP contribution in [-0.2, 0) is 0 Å². The van der Waals surface area contributed by atoms with Crippen molar-refractivity contribution in [3.05, 3.63) is 0 Å². The summed E-state index contributed by atoms with van der Waals surface area (Å²) < 4.78 is 0. The minimum atomic E-state index is 0. The average molecular weight is 349 g/mol. The first kappa shape index (κ1) is 13.4. The molecule has 3 aliphatic rings. The number of nitrogens with two attached hydrogens (primary N) is 1. The van der Waals surface area contributed by atoms with Crippen LogP contribution in [0.5, 0.6) is 0 Å². The highest BCUT2D eigenvalue weighted by molar-refractivity contribution is 14.0. The van der Waals surface area contributed by atoms with Gasteiger partial charge in [-0.2, -0.15) is 0 Å². The normalized spacial score (nSPS) is 37.6. The second kappa shape index (κ2) is 5.33. The lowest BCUT2D eigenvalue weighted by Gasteiger charge is -2.31. The quantitative estimate of drug-likeness (QED) is 0.473. The Morgan fingerprint density at radius 2 is 2.06 bits per heavy atom. The van der Waals surface area contributed by atoms with Gasteiger partial charge in [-0.1, -0.05) is 6.92 Å². The maximum atomic E-state index is 6.11. The summed E-state index contributed by atoms with van der Waals surface area (Å²) in [6.07, 6.45) is 6.80. The number of piperidine rings is 1. The summed E-state index contributed by atoms with van der Waals surface area (Å²) in [6.45, 7) is 4.53. The molecule has 0 aromatic heterocycles. The molecule has 0 aromatic carbocycles. The predicted molar refractivity (Wildman–Crippen MR) is 81.6 cm³/mol. The van der Waals surface area contributed by atoms with Gasteiger partial charge in [-0.05, 0) is 49.9 Å². The summed E-state index contributed by atoms with van der Waals surface area (Å²) in [5.41, 5.74) is 6.11. The molecule has 0 bridgehead atoms. The van der Waals surface area contributed by atoms with E-state index in [1.807, 2.05) is 0 Å². The Morgan fingerprint density at radius 3 is 2.71 bits per heavy atom. The van der Waals surface area contributed by atoms with Crippen LogP contribution >= 0.6 is 24.0 Å². The number of aliphatic imine (C=N–C) groups is 1. The fraction of sp³-hybridized carbons (Fsp3) is 0.923. The maximum Gasteiger partial charge on any atom is 0.191 e. The van der Waals surface area contributed by atoms with Crippen LogP contribution in [0.4, 0.5) is 0 Å². The average Bonchev–Trinajstić information content (AvgIpc) is 3.11. The highest BCUT2D eigenvalue weighted by Gasteiger charge is 2.47. The molecule has 0 aromatic rings. The Labute approximate surface area is 121 Å². The van der Waals surface area contributed by atoms with E-state index < -0.39 is 0 Å². The zero-order valence-corrected chi connectivity index (χ0v) is 13.0. The molecule has 2 saturated carbocycles. The molecule has 0 spiro atoms. The smallest absolute Gasteiger partial charge is 0.191 e. The van der Waals surface area contributed by atoms with Gasteiger partial charge in [0.2, 0.25) is 0 Å². The highest BCUT2D eigenvalue weighted by Crippen LogP contribution is 2.51. The van der Waals surface area contributed by atoms with Gasteiger partial charge in [-0.15, -0.1) is 24.0 Å². The fourth-order valence-electron chi connectivity index (χ4n) is 3.03. The third-order valence-electron chi connectivity index (χ3n) is 4.31. The summed E-state index contributed by atoms with van der Waals surface area (Å²) in [4.78, 5) is 7.00. The van der Waals surface area contributed by atoms with Crippen molar-refractivity contribution in [3.8, 4) is 0 Å². The molecule has 1 unspecified atom stereocenters. The van der Waals surface area contributed by atoms with Crippen LogP contribution in [0, 0.1) is 17.8 Å². The van der Waals surface area contributed by atoms with Crippen LogP contribution in [0.2, 0.25) is 0 Å². The minimum Gasteiger partial charge on any atom is -0.370 e. The molecule has 1 aliphatic heterocycles. The van der Waals surface area contributed by atoms with Gasteiger partial charge in [-0.25, -0.2) is 4.99 Å². The van der Waals surface area contributed by atoms with Crippen LogP contribution in [0.15, 0.2) is 4.99 Å². The first-order chi connectivity index (χ1) is 7.74. The molecule has 17 heavy (non-hydrogen) atoms. The molecule has 4 heteroatoms. The number of nitrogens with zero attached hydrogens (tertiary/aromatic N) is 2. The van der Waals surface area contributed by atoms with Crippen molar-refractivity contribution in [1.82, 2.24) is 4.90 Å². The third-order valence-corrected chi connectivity index (χ3v) is 4.31. The van der Waals surface area contributed by atoms with E-state index in [-0.39, 0.29) is 24.0 Å². The van der Waals surface area contributed by atoms with Gasteiger partial charge in [0.05, 0.1) is 6.04 Å². The van der Waals surface area contributed by atoms with E-state index in [0.29, 0.717) is 6.04 Å². The third kappa shape index (κ3) is 3.26. The van der Waals surface area contributed by atoms with Crippen LogP contribution in [0.25, 0.3) is 0 Å². The number of likely N-dealkylation sites (tertiary alicyclic amines) is 1. The molecule has 0 amide bonds. The SMILES string of the molecule is CC1CCCN(C(N)=N[C@@H]2C[C@H]2C2CC2)C1.I. The summed E-state index contributed by atoms with van der Waals surface area (Å²) >= 11 is 0. The van der Waals surface area contributed by atoms with Crippen molar-refractivity contribution in [2.24, 2.45) is 28.5 Å². The second-order valence-electron chi connectivity index (χ2n) is 5.99. The Morgan fingerprint density at radius 1 is 1.29 bits per heavy atom. The molecular formula is C13H24IN3. The largest absolute Gasteiger partial charge is 0.370 e. The monoisotopic (exact) mass is 349 g/mol. The molecule has 1 heterocycles. The summed E-state index contributed by atoms with van der Waals surface area (Å²) in [5, 5.41) is 0. The molecule has 0 radical (unpaired) electrons. The first-order valence-electron chi connectivity index (χ1n) is 6.82. The van der Waals surface area contributed by atoms with Crippen LogP contribution in [0.3, 0.4) is 0 Å². The van der Waals surface area contributed by atoms with Gasteiger partial charge in [0, 0.05) is 13.1 Å². The van der Waals surface area contributed by atoms with Crippen LogP contribution in [0.1, 0.15) is 39.0 Å². The molecule has 2 N–H and O–H groups in total. The van der Waals surface area contributed by atoms with E-state index >= 15 is 0 Å². The van der Waals surface area contributed by atoms with Gasteiger partial charge < -0.3 is 10.6 Å². The summed E-state index contributed by atoms with van der Waals surface area (Å²) in [7, 11) is 0. The number of hydrogen-bond acceptors (Lipinski definition) is 1. The zero-order chi connectivity index (χ0) is 11.1. The van der Waals surface area contributed by atoms with Gasteiger partial charge in [0.15, 0.2) is 5.96 Å². The van der Waals surface area contributed by atoms with E-state index in [1.54, 1.807) is 0 Å². The lowest BCUT2D eigenvalue weighted by Crippen LogP contribution is -2.43. The number of guanidine groups is 1. The molecule has 3 atom stereocenters. The van der Waals surface area contributed by atoms with Crippen LogP contribution in [-0.4, -0.2) is 30.0 Å². The molecule has 2 aliphatic carbocycles. The molecule has 3 nitrogen and oxygen atoms in total. The van der Waals surface area contributed by atoms with Gasteiger partial charge in [0.1, 0.15) is 0 Å². The summed E-state index contributed by atoms with van der Waals surface area (Å²) in [5.74, 6) is 3.49. The molecule has 1 saturated heterocycles. The fourth-order valence-corrected chi connectivity index (χ4v) is 3.03. The molecule has 3 rings (SSSR count). The summed E-state index contributed by atoms with van der Waals surface area (Å²) in [6, 6.07) is 0.574. The van der Waals surface area contributed by atoms with Crippen LogP contribution < -0.4 is 5.73 Å². The number of halogens is 1. The second-order valence-corrected chi connectivity index (χ2v) is 5.99. The lowest BCUT2D eigenvalue weighted by atomic mass is 10.0. The molecule has 98 valence electrons. The Bertz CT molecular complexity index is 301. The van der Waals surface area contributed by atoms with Crippen molar-refractivity contribution in [1.29, 1.82) is 0 Å². The molecular weight excluding hydrogens is 325 g/mol. The van der Waals surface area contributed by atoms with Crippen molar-refractivity contribution in [2.75, 3.05) is 13.1 Å². The maximum absolute atomic E-state index is 6.11. The standard InChI is InChI=1S/C13H23N3.HI/c1-9-3-2-6-16(8-9)13(14)15-12-7-11(12)10-4-5-10;/h9-12H,2-8H2,1H3,(H2,14,15);1H/t9?,11-,12+;/m0./s1. The predicted octanol–water partition coefficient (Wildman–Crippen LogP) is 2.45. The van der Waals surface area contributed by atoms with E-state index in [4.69, 9.17) is 10.7 Å². The van der Waals surface area contributed by atoms with Gasteiger partial charge in [0.25, 0.3) is 0 Å². The van der Waals surface area contributed by atoms with Crippen molar-refractivity contribution >= 4 is 29.9 Å². The van der Waals surface area contributed by atoms with E-state index in [2.05, 4.69) is 11.8 Å².